The minimum Gasteiger partial charge on any atom is -0.391 e. The lowest BCUT2D eigenvalue weighted by Gasteiger charge is -2.09. The van der Waals surface area contributed by atoms with E-state index < -0.39 is 6.10 Å². The molecule has 1 amide bonds. The molecule has 1 saturated heterocycles. The topological polar surface area (TPSA) is 79.2 Å². The SMILES string of the molecule is O=C1CC(O)CN1c1nnc(-c2ccncc2)s1. The number of amides is 1. The van der Waals surface area contributed by atoms with Crippen molar-refractivity contribution in [1.82, 2.24) is 15.2 Å². The molecule has 92 valence electrons. The number of nitrogens with zero attached hydrogens (tertiary/aromatic N) is 4. The zero-order chi connectivity index (χ0) is 12.5. The fraction of sp³-hybridized carbons (Fsp3) is 0.273. The Morgan fingerprint density at radius 3 is 2.78 bits per heavy atom. The summed E-state index contributed by atoms with van der Waals surface area (Å²) in [6.45, 7) is 0.295. The van der Waals surface area contributed by atoms with Gasteiger partial charge in [-0.05, 0) is 12.1 Å². The monoisotopic (exact) mass is 262 g/mol. The van der Waals surface area contributed by atoms with Gasteiger partial charge in [-0.25, -0.2) is 0 Å². The van der Waals surface area contributed by atoms with Crippen LogP contribution in [0.2, 0.25) is 0 Å². The van der Waals surface area contributed by atoms with Crippen molar-refractivity contribution < 1.29 is 9.90 Å². The molecule has 0 aliphatic carbocycles. The van der Waals surface area contributed by atoms with Gasteiger partial charge in [0, 0.05) is 18.0 Å². The average Bonchev–Trinajstić information content (AvgIpc) is 2.97. The van der Waals surface area contributed by atoms with E-state index in [1.54, 1.807) is 12.4 Å². The van der Waals surface area contributed by atoms with Crippen molar-refractivity contribution in [3.8, 4) is 10.6 Å². The van der Waals surface area contributed by atoms with Gasteiger partial charge >= 0.3 is 0 Å². The third-order valence-corrected chi connectivity index (χ3v) is 3.67. The smallest absolute Gasteiger partial charge is 0.231 e. The number of rotatable bonds is 2. The maximum Gasteiger partial charge on any atom is 0.231 e. The third kappa shape index (κ3) is 1.98. The van der Waals surface area contributed by atoms with E-state index >= 15 is 0 Å². The lowest BCUT2D eigenvalue weighted by Crippen LogP contribution is -2.24. The summed E-state index contributed by atoms with van der Waals surface area (Å²) in [5, 5.41) is 18.8. The van der Waals surface area contributed by atoms with Crippen LogP contribution in [0.5, 0.6) is 0 Å². The van der Waals surface area contributed by atoms with Gasteiger partial charge in [-0.2, -0.15) is 0 Å². The normalized spacial score (nSPS) is 19.5. The maximum absolute atomic E-state index is 11.6. The molecular formula is C11H10N4O2S. The van der Waals surface area contributed by atoms with Crippen LogP contribution in [-0.4, -0.2) is 38.8 Å². The highest BCUT2D eigenvalue weighted by Gasteiger charge is 2.31. The largest absolute Gasteiger partial charge is 0.391 e. The number of aromatic nitrogens is 3. The van der Waals surface area contributed by atoms with Gasteiger partial charge in [0.05, 0.1) is 19.1 Å². The van der Waals surface area contributed by atoms with E-state index in [0.29, 0.717) is 11.7 Å². The molecule has 0 aromatic carbocycles. The molecule has 0 radical (unpaired) electrons. The summed E-state index contributed by atoms with van der Waals surface area (Å²) in [4.78, 5) is 17.0. The molecule has 1 atom stereocenters. The zero-order valence-corrected chi connectivity index (χ0v) is 10.2. The van der Waals surface area contributed by atoms with E-state index in [1.165, 1.54) is 16.2 Å². The van der Waals surface area contributed by atoms with Crippen LogP contribution in [0.4, 0.5) is 5.13 Å². The van der Waals surface area contributed by atoms with Crippen LogP contribution in [0.1, 0.15) is 6.42 Å². The molecule has 2 aromatic heterocycles. The van der Waals surface area contributed by atoms with Crippen molar-refractivity contribution in [1.29, 1.82) is 0 Å². The van der Waals surface area contributed by atoms with Gasteiger partial charge in [-0.1, -0.05) is 11.3 Å². The van der Waals surface area contributed by atoms with Crippen molar-refractivity contribution in [3.05, 3.63) is 24.5 Å². The number of aliphatic hydroxyl groups excluding tert-OH is 1. The summed E-state index contributed by atoms with van der Waals surface area (Å²) in [5.41, 5.74) is 0.918. The van der Waals surface area contributed by atoms with Crippen LogP contribution in [0.3, 0.4) is 0 Å². The van der Waals surface area contributed by atoms with Gasteiger partial charge in [0.1, 0.15) is 5.01 Å². The maximum atomic E-state index is 11.6. The summed E-state index contributed by atoms with van der Waals surface area (Å²) in [5.74, 6) is -0.111. The van der Waals surface area contributed by atoms with Crippen molar-refractivity contribution in [3.63, 3.8) is 0 Å². The molecule has 2 aromatic rings. The predicted molar refractivity (Wildman–Crippen MR) is 66.1 cm³/mol. The summed E-state index contributed by atoms with van der Waals surface area (Å²) in [6, 6.07) is 3.68. The van der Waals surface area contributed by atoms with Gasteiger partial charge in [0.25, 0.3) is 0 Å². The number of carbonyl (C=O) groups is 1. The highest BCUT2D eigenvalue weighted by Crippen LogP contribution is 2.30. The first kappa shape index (κ1) is 11.2. The fourth-order valence-corrected chi connectivity index (χ4v) is 2.69. The van der Waals surface area contributed by atoms with E-state index in [9.17, 15) is 9.90 Å². The zero-order valence-electron chi connectivity index (χ0n) is 9.35. The molecule has 6 nitrogen and oxygen atoms in total. The number of pyridine rings is 1. The molecule has 0 saturated carbocycles. The molecule has 1 fully saturated rings. The number of hydrogen-bond donors (Lipinski definition) is 1. The number of anilines is 1. The first-order chi connectivity index (χ1) is 8.74. The van der Waals surface area contributed by atoms with E-state index in [0.717, 1.165) is 10.6 Å². The van der Waals surface area contributed by atoms with Gasteiger partial charge in [-0.3, -0.25) is 14.7 Å². The molecule has 0 spiro atoms. The van der Waals surface area contributed by atoms with Crippen molar-refractivity contribution in [2.75, 3.05) is 11.4 Å². The summed E-state index contributed by atoms with van der Waals surface area (Å²) < 4.78 is 0. The molecule has 1 aliphatic heterocycles. The highest BCUT2D eigenvalue weighted by atomic mass is 32.1. The van der Waals surface area contributed by atoms with Crippen LogP contribution < -0.4 is 4.90 Å². The van der Waals surface area contributed by atoms with E-state index in [-0.39, 0.29) is 12.3 Å². The first-order valence-corrected chi connectivity index (χ1v) is 6.28. The molecule has 3 rings (SSSR count). The Morgan fingerprint density at radius 1 is 1.33 bits per heavy atom. The third-order valence-electron chi connectivity index (χ3n) is 2.68. The van der Waals surface area contributed by atoms with Gasteiger partial charge < -0.3 is 5.11 Å². The van der Waals surface area contributed by atoms with Crippen LogP contribution in [0.25, 0.3) is 10.6 Å². The Labute approximate surface area is 107 Å². The Hall–Kier alpha value is -1.86. The standard InChI is InChI=1S/C11H10N4O2S/c16-8-5-9(17)15(6-8)11-14-13-10(18-11)7-1-3-12-4-2-7/h1-4,8,16H,5-6H2. The number of aliphatic hydroxyl groups is 1. The summed E-state index contributed by atoms with van der Waals surface area (Å²) in [7, 11) is 0. The Bertz CT molecular complexity index is 571. The highest BCUT2D eigenvalue weighted by molar-refractivity contribution is 7.18. The fourth-order valence-electron chi connectivity index (χ4n) is 1.81. The average molecular weight is 262 g/mol. The predicted octanol–water partition coefficient (Wildman–Crippen LogP) is 0.698. The van der Waals surface area contributed by atoms with Gasteiger partial charge in [0.2, 0.25) is 11.0 Å². The lowest BCUT2D eigenvalue weighted by atomic mass is 10.3. The van der Waals surface area contributed by atoms with Crippen molar-refractivity contribution >= 4 is 22.4 Å². The second kappa shape index (κ2) is 4.43. The lowest BCUT2D eigenvalue weighted by molar-refractivity contribution is -0.117. The van der Waals surface area contributed by atoms with E-state index in [4.69, 9.17) is 0 Å². The molecule has 7 heteroatoms. The Morgan fingerprint density at radius 2 is 2.11 bits per heavy atom. The van der Waals surface area contributed by atoms with Gasteiger partial charge in [0.15, 0.2) is 0 Å². The first-order valence-electron chi connectivity index (χ1n) is 5.46. The number of hydrogen-bond acceptors (Lipinski definition) is 6. The van der Waals surface area contributed by atoms with Crippen LogP contribution in [0, 0.1) is 0 Å². The van der Waals surface area contributed by atoms with E-state index in [2.05, 4.69) is 15.2 Å². The summed E-state index contributed by atoms with van der Waals surface area (Å²) >= 11 is 1.33. The second-order valence-electron chi connectivity index (χ2n) is 3.99. The molecule has 0 bridgehead atoms. The van der Waals surface area contributed by atoms with Crippen molar-refractivity contribution in [2.24, 2.45) is 0 Å². The number of β-amino-alcohol motifs (C(OH)–C–C–N with tert-alkyl or cyclic N) is 1. The van der Waals surface area contributed by atoms with Crippen LogP contribution >= 0.6 is 11.3 Å². The molecule has 1 N–H and O–H groups in total. The Balaban J connectivity index is 1.88. The molecule has 1 unspecified atom stereocenters. The van der Waals surface area contributed by atoms with Crippen LogP contribution in [-0.2, 0) is 4.79 Å². The minimum atomic E-state index is -0.606. The van der Waals surface area contributed by atoms with Gasteiger partial charge in [-0.15, -0.1) is 10.2 Å². The quantitative estimate of drug-likeness (QED) is 0.861. The van der Waals surface area contributed by atoms with Crippen molar-refractivity contribution in [2.45, 2.75) is 12.5 Å². The Kier molecular flexibility index (Phi) is 2.77. The van der Waals surface area contributed by atoms with E-state index in [1.807, 2.05) is 12.1 Å². The molecule has 18 heavy (non-hydrogen) atoms. The summed E-state index contributed by atoms with van der Waals surface area (Å²) in [6.07, 6.45) is 2.91. The molecule has 1 aliphatic rings. The number of carbonyl (C=O) groups excluding carboxylic acids is 1. The molecular weight excluding hydrogens is 252 g/mol. The van der Waals surface area contributed by atoms with Crippen LogP contribution in [0.15, 0.2) is 24.5 Å². The molecule has 3 heterocycles. The second-order valence-corrected chi connectivity index (χ2v) is 4.94. The minimum absolute atomic E-state index is 0.111.